The number of rotatable bonds is 4. The standard InChI is InChI=1S/C20H23N3S/c1-2-7-17(8-3-1)15-22-11-6-12-23(14-13-22)16-20-21-18-9-4-5-10-19(18)24-20/h1-5,7-10H,6,11-16H2. The Bertz CT molecular complexity index is 751. The predicted octanol–water partition coefficient (Wildman–Crippen LogP) is 4.00. The van der Waals surface area contributed by atoms with Gasteiger partial charge in [0.2, 0.25) is 0 Å². The third-order valence-corrected chi connectivity index (χ3v) is 5.65. The summed E-state index contributed by atoms with van der Waals surface area (Å²) in [4.78, 5) is 9.92. The van der Waals surface area contributed by atoms with Crippen LogP contribution in [0.15, 0.2) is 54.6 Å². The molecule has 0 bridgehead atoms. The van der Waals surface area contributed by atoms with Gasteiger partial charge in [0.05, 0.1) is 16.8 Å². The molecular formula is C20H23N3S. The molecule has 0 saturated carbocycles. The third kappa shape index (κ3) is 3.83. The largest absolute Gasteiger partial charge is 0.298 e. The molecule has 2 heterocycles. The van der Waals surface area contributed by atoms with Gasteiger partial charge in [-0.2, -0.15) is 0 Å². The predicted molar refractivity (Wildman–Crippen MR) is 101 cm³/mol. The van der Waals surface area contributed by atoms with Crippen LogP contribution in [0.1, 0.15) is 17.0 Å². The van der Waals surface area contributed by atoms with Crippen molar-refractivity contribution in [2.75, 3.05) is 26.2 Å². The number of hydrogen-bond acceptors (Lipinski definition) is 4. The highest BCUT2D eigenvalue weighted by atomic mass is 32.1. The van der Waals surface area contributed by atoms with Gasteiger partial charge in [-0.3, -0.25) is 9.80 Å². The monoisotopic (exact) mass is 337 g/mol. The minimum atomic E-state index is 0.985. The molecule has 1 fully saturated rings. The SMILES string of the molecule is c1ccc(CN2CCCN(Cc3nc4ccccc4s3)CC2)cc1. The van der Waals surface area contributed by atoms with E-state index in [1.165, 1.54) is 34.8 Å². The van der Waals surface area contributed by atoms with E-state index in [0.717, 1.165) is 31.7 Å². The number of nitrogens with zero attached hydrogens (tertiary/aromatic N) is 3. The van der Waals surface area contributed by atoms with Crippen LogP contribution in [0, 0.1) is 0 Å². The molecule has 0 unspecified atom stereocenters. The van der Waals surface area contributed by atoms with Crippen molar-refractivity contribution in [3.05, 3.63) is 65.2 Å². The van der Waals surface area contributed by atoms with E-state index in [-0.39, 0.29) is 0 Å². The van der Waals surface area contributed by atoms with Crippen LogP contribution in [0.3, 0.4) is 0 Å². The molecule has 1 saturated heterocycles. The molecule has 4 heteroatoms. The molecule has 0 amide bonds. The molecule has 1 aromatic heterocycles. The first-order valence-corrected chi connectivity index (χ1v) is 9.51. The van der Waals surface area contributed by atoms with Crippen LogP contribution in [0.5, 0.6) is 0 Å². The Morgan fingerprint density at radius 1 is 0.792 bits per heavy atom. The lowest BCUT2D eigenvalue weighted by Crippen LogP contribution is -2.30. The van der Waals surface area contributed by atoms with Gasteiger partial charge in [-0.15, -0.1) is 11.3 Å². The Kier molecular flexibility index (Phi) is 4.88. The lowest BCUT2D eigenvalue weighted by molar-refractivity contribution is 0.247. The highest BCUT2D eigenvalue weighted by Crippen LogP contribution is 2.23. The van der Waals surface area contributed by atoms with Crippen LogP contribution in [0.4, 0.5) is 0 Å². The van der Waals surface area contributed by atoms with Crippen LogP contribution in [-0.2, 0) is 13.1 Å². The lowest BCUT2D eigenvalue weighted by atomic mass is 10.2. The number of benzene rings is 2. The molecule has 2 aromatic carbocycles. The fraction of sp³-hybridized carbons (Fsp3) is 0.350. The van der Waals surface area contributed by atoms with E-state index < -0.39 is 0 Å². The van der Waals surface area contributed by atoms with Crippen LogP contribution in [0.2, 0.25) is 0 Å². The molecule has 1 aliphatic rings. The first-order valence-electron chi connectivity index (χ1n) is 8.70. The van der Waals surface area contributed by atoms with Crippen molar-refractivity contribution in [2.45, 2.75) is 19.5 Å². The molecule has 4 rings (SSSR count). The smallest absolute Gasteiger partial charge is 0.108 e. The van der Waals surface area contributed by atoms with Crippen molar-refractivity contribution >= 4 is 21.6 Å². The second-order valence-corrected chi connectivity index (χ2v) is 7.58. The molecule has 0 radical (unpaired) electrons. The zero-order chi connectivity index (χ0) is 16.2. The number of aromatic nitrogens is 1. The van der Waals surface area contributed by atoms with Gasteiger partial charge in [-0.1, -0.05) is 42.5 Å². The van der Waals surface area contributed by atoms with E-state index in [9.17, 15) is 0 Å². The molecule has 1 aliphatic heterocycles. The van der Waals surface area contributed by atoms with Crippen molar-refractivity contribution < 1.29 is 0 Å². The first-order chi connectivity index (χ1) is 11.9. The van der Waals surface area contributed by atoms with Gasteiger partial charge in [0.15, 0.2) is 0 Å². The number of hydrogen-bond donors (Lipinski definition) is 0. The Balaban J connectivity index is 1.36. The molecule has 0 aliphatic carbocycles. The highest BCUT2D eigenvalue weighted by Gasteiger charge is 2.16. The maximum absolute atomic E-state index is 4.79. The van der Waals surface area contributed by atoms with E-state index in [1.54, 1.807) is 0 Å². The fourth-order valence-corrected chi connectivity index (χ4v) is 4.37. The quantitative estimate of drug-likeness (QED) is 0.717. The van der Waals surface area contributed by atoms with E-state index in [0.29, 0.717) is 0 Å². The molecule has 0 spiro atoms. The highest BCUT2D eigenvalue weighted by molar-refractivity contribution is 7.18. The van der Waals surface area contributed by atoms with Crippen molar-refractivity contribution in [2.24, 2.45) is 0 Å². The Morgan fingerprint density at radius 2 is 1.50 bits per heavy atom. The number of fused-ring (bicyclic) bond motifs is 1. The fourth-order valence-electron chi connectivity index (χ4n) is 3.36. The maximum atomic E-state index is 4.79. The first kappa shape index (κ1) is 15.8. The third-order valence-electron chi connectivity index (χ3n) is 4.63. The van der Waals surface area contributed by atoms with Gasteiger partial charge in [-0.05, 0) is 37.2 Å². The maximum Gasteiger partial charge on any atom is 0.108 e. The number of thiazole rings is 1. The second-order valence-electron chi connectivity index (χ2n) is 6.47. The van der Waals surface area contributed by atoms with Crippen molar-refractivity contribution in [3.63, 3.8) is 0 Å². The van der Waals surface area contributed by atoms with Gasteiger partial charge in [-0.25, -0.2) is 4.98 Å². The van der Waals surface area contributed by atoms with E-state index in [2.05, 4.69) is 64.4 Å². The summed E-state index contributed by atoms with van der Waals surface area (Å²) in [6.07, 6.45) is 1.23. The Morgan fingerprint density at radius 3 is 2.29 bits per heavy atom. The average molecular weight is 337 g/mol. The van der Waals surface area contributed by atoms with Crippen molar-refractivity contribution in [3.8, 4) is 0 Å². The Hall–Kier alpha value is -1.75. The minimum Gasteiger partial charge on any atom is -0.298 e. The van der Waals surface area contributed by atoms with Gasteiger partial charge in [0.25, 0.3) is 0 Å². The number of para-hydroxylation sites is 1. The lowest BCUT2D eigenvalue weighted by Gasteiger charge is -2.21. The summed E-state index contributed by atoms with van der Waals surface area (Å²) in [6.45, 7) is 6.67. The summed E-state index contributed by atoms with van der Waals surface area (Å²) >= 11 is 1.83. The summed E-state index contributed by atoms with van der Waals surface area (Å²) in [5.41, 5.74) is 2.55. The molecule has 124 valence electrons. The van der Waals surface area contributed by atoms with E-state index >= 15 is 0 Å². The summed E-state index contributed by atoms with van der Waals surface area (Å²) in [6, 6.07) is 19.2. The topological polar surface area (TPSA) is 19.4 Å². The summed E-state index contributed by atoms with van der Waals surface area (Å²) in [5.74, 6) is 0. The van der Waals surface area contributed by atoms with Gasteiger partial charge >= 0.3 is 0 Å². The molecule has 3 aromatic rings. The molecule has 0 atom stereocenters. The van der Waals surface area contributed by atoms with Crippen LogP contribution >= 0.6 is 11.3 Å². The average Bonchev–Trinajstić information content (AvgIpc) is 2.89. The minimum absolute atomic E-state index is 0.985. The Labute approximate surface area is 147 Å². The summed E-state index contributed by atoms with van der Waals surface area (Å²) in [5, 5.41) is 1.24. The molecule has 24 heavy (non-hydrogen) atoms. The summed E-state index contributed by atoms with van der Waals surface area (Å²) < 4.78 is 1.30. The second kappa shape index (κ2) is 7.43. The van der Waals surface area contributed by atoms with E-state index in [1.807, 2.05) is 11.3 Å². The zero-order valence-electron chi connectivity index (χ0n) is 13.9. The molecule has 3 nitrogen and oxygen atoms in total. The van der Waals surface area contributed by atoms with Gasteiger partial charge in [0, 0.05) is 19.6 Å². The molecule has 0 N–H and O–H groups in total. The van der Waals surface area contributed by atoms with Crippen LogP contribution < -0.4 is 0 Å². The van der Waals surface area contributed by atoms with Gasteiger partial charge in [0.1, 0.15) is 5.01 Å². The van der Waals surface area contributed by atoms with Crippen molar-refractivity contribution in [1.82, 2.24) is 14.8 Å². The normalized spacial score (nSPS) is 17.2. The molecular weight excluding hydrogens is 314 g/mol. The summed E-state index contributed by atoms with van der Waals surface area (Å²) in [7, 11) is 0. The van der Waals surface area contributed by atoms with Crippen LogP contribution in [0.25, 0.3) is 10.2 Å². The van der Waals surface area contributed by atoms with Crippen LogP contribution in [-0.4, -0.2) is 41.0 Å². The van der Waals surface area contributed by atoms with E-state index in [4.69, 9.17) is 4.98 Å². The van der Waals surface area contributed by atoms with Crippen molar-refractivity contribution in [1.29, 1.82) is 0 Å². The zero-order valence-corrected chi connectivity index (χ0v) is 14.7. The van der Waals surface area contributed by atoms with Gasteiger partial charge < -0.3 is 0 Å².